The van der Waals surface area contributed by atoms with E-state index < -0.39 is 0 Å². The fourth-order valence-electron chi connectivity index (χ4n) is 2.78. The quantitative estimate of drug-likeness (QED) is 0.428. The molecule has 0 aliphatic heterocycles. The van der Waals surface area contributed by atoms with Crippen LogP contribution in [-0.4, -0.2) is 7.11 Å². The number of hydrogen-bond donors (Lipinski definition) is 0. The highest BCUT2D eigenvalue weighted by molar-refractivity contribution is 5.27. The van der Waals surface area contributed by atoms with E-state index in [0.29, 0.717) is 5.41 Å². The van der Waals surface area contributed by atoms with Gasteiger partial charge in [0.15, 0.2) is 0 Å². The number of benzene rings is 1. The summed E-state index contributed by atoms with van der Waals surface area (Å²) in [5.74, 6) is 0.949. The zero-order valence-electron chi connectivity index (χ0n) is 14.6. The van der Waals surface area contributed by atoms with Crippen LogP contribution in [0.2, 0.25) is 0 Å². The third-order valence-electron chi connectivity index (χ3n) is 4.46. The fraction of sp³-hybridized carbons (Fsp3) is 0.700. The van der Waals surface area contributed by atoms with Crippen molar-refractivity contribution in [1.82, 2.24) is 0 Å². The number of ether oxygens (including phenoxy) is 1. The van der Waals surface area contributed by atoms with Crippen LogP contribution in [0.25, 0.3) is 0 Å². The van der Waals surface area contributed by atoms with Crippen LogP contribution in [0, 0.1) is 5.41 Å². The van der Waals surface area contributed by atoms with Gasteiger partial charge in [0.05, 0.1) is 7.11 Å². The maximum Gasteiger partial charge on any atom is 0.118 e. The molecule has 0 saturated carbocycles. The Labute approximate surface area is 132 Å². The van der Waals surface area contributed by atoms with Crippen LogP contribution in [0.3, 0.4) is 0 Å². The first-order valence-corrected chi connectivity index (χ1v) is 8.70. The molecule has 0 aliphatic carbocycles. The molecule has 0 amide bonds. The first kappa shape index (κ1) is 18.1. The van der Waals surface area contributed by atoms with E-state index in [1.165, 1.54) is 63.4 Å². The molecule has 21 heavy (non-hydrogen) atoms. The fourth-order valence-corrected chi connectivity index (χ4v) is 2.78. The number of unbranched alkanes of at least 4 members (excludes halogenated alkanes) is 5. The average Bonchev–Trinajstić information content (AvgIpc) is 2.49. The molecule has 1 heteroatoms. The third-order valence-corrected chi connectivity index (χ3v) is 4.46. The molecule has 1 aromatic carbocycles. The van der Waals surface area contributed by atoms with Gasteiger partial charge in [-0.3, -0.25) is 0 Å². The van der Waals surface area contributed by atoms with Crippen molar-refractivity contribution in [3.05, 3.63) is 29.8 Å². The lowest BCUT2D eigenvalue weighted by atomic mass is 9.81. The van der Waals surface area contributed by atoms with Gasteiger partial charge in [-0.1, -0.05) is 71.4 Å². The van der Waals surface area contributed by atoms with Gasteiger partial charge in [0.2, 0.25) is 0 Å². The van der Waals surface area contributed by atoms with Crippen LogP contribution < -0.4 is 4.74 Å². The lowest BCUT2D eigenvalue weighted by Gasteiger charge is -2.24. The Morgan fingerprint density at radius 2 is 1.48 bits per heavy atom. The van der Waals surface area contributed by atoms with Gasteiger partial charge in [-0.15, -0.1) is 0 Å². The van der Waals surface area contributed by atoms with E-state index >= 15 is 0 Å². The maximum atomic E-state index is 5.21. The maximum absolute atomic E-state index is 5.21. The van der Waals surface area contributed by atoms with Gasteiger partial charge in [-0.05, 0) is 42.4 Å². The van der Waals surface area contributed by atoms with E-state index in [1.807, 2.05) is 0 Å². The van der Waals surface area contributed by atoms with E-state index in [9.17, 15) is 0 Å². The van der Waals surface area contributed by atoms with Gasteiger partial charge in [-0.25, -0.2) is 0 Å². The van der Waals surface area contributed by atoms with Crippen molar-refractivity contribution >= 4 is 0 Å². The molecule has 0 heterocycles. The van der Waals surface area contributed by atoms with Crippen molar-refractivity contribution in [2.75, 3.05) is 7.11 Å². The molecule has 0 aromatic heterocycles. The highest BCUT2D eigenvalue weighted by atomic mass is 16.5. The predicted octanol–water partition coefficient (Wildman–Crippen LogP) is 6.40. The highest BCUT2D eigenvalue weighted by Gasteiger charge is 2.17. The van der Waals surface area contributed by atoms with Crippen LogP contribution in [0.15, 0.2) is 24.3 Å². The largest absolute Gasteiger partial charge is 0.497 e. The molecular weight excluding hydrogens is 256 g/mol. The van der Waals surface area contributed by atoms with Crippen LogP contribution in [0.4, 0.5) is 0 Å². The Hall–Kier alpha value is -0.980. The van der Waals surface area contributed by atoms with Crippen molar-refractivity contribution in [3.8, 4) is 5.75 Å². The molecule has 1 rings (SSSR count). The summed E-state index contributed by atoms with van der Waals surface area (Å²) in [6, 6.07) is 8.52. The zero-order valence-corrected chi connectivity index (χ0v) is 14.6. The molecule has 0 bridgehead atoms. The molecule has 0 atom stereocenters. The molecule has 0 fully saturated rings. The van der Waals surface area contributed by atoms with Gasteiger partial charge in [0.1, 0.15) is 5.75 Å². The van der Waals surface area contributed by atoms with E-state index in [2.05, 4.69) is 45.0 Å². The van der Waals surface area contributed by atoms with E-state index in [-0.39, 0.29) is 0 Å². The summed E-state index contributed by atoms with van der Waals surface area (Å²) in [7, 11) is 1.72. The topological polar surface area (TPSA) is 9.23 Å². The zero-order chi connectivity index (χ0) is 15.6. The molecule has 0 saturated heterocycles. The Balaban J connectivity index is 2.21. The lowest BCUT2D eigenvalue weighted by molar-refractivity contribution is 0.294. The molecule has 0 aliphatic rings. The van der Waals surface area contributed by atoms with Crippen molar-refractivity contribution in [2.45, 2.75) is 78.6 Å². The van der Waals surface area contributed by atoms with Gasteiger partial charge >= 0.3 is 0 Å². The molecule has 0 unspecified atom stereocenters. The number of rotatable bonds is 11. The summed E-state index contributed by atoms with van der Waals surface area (Å²) < 4.78 is 5.21. The minimum Gasteiger partial charge on any atom is -0.497 e. The van der Waals surface area contributed by atoms with Crippen molar-refractivity contribution < 1.29 is 4.74 Å². The Morgan fingerprint density at radius 3 is 2.10 bits per heavy atom. The van der Waals surface area contributed by atoms with E-state index in [1.54, 1.807) is 7.11 Å². The first-order chi connectivity index (χ1) is 10.1. The predicted molar refractivity (Wildman–Crippen MR) is 93.1 cm³/mol. The lowest BCUT2D eigenvalue weighted by Crippen LogP contribution is -2.12. The van der Waals surface area contributed by atoms with Crippen LogP contribution in [0.1, 0.15) is 77.7 Å². The number of aryl methyl sites for hydroxylation is 1. The average molecular weight is 290 g/mol. The van der Waals surface area contributed by atoms with Crippen molar-refractivity contribution in [1.29, 1.82) is 0 Å². The molecule has 0 spiro atoms. The van der Waals surface area contributed by atoms with E-state index in [0.717, 1.165) is 5.75 Å². The molecule has 1 aromatic rings. The monoisotopic (exact) mass is 290 g/mol. The van der Waals surface area contributed by atoms with Gasteiger partial charge in [-0.2, -0.15) is 0 Å². The minimum absolute atomic E-state index is 0.463. The standard InChI is InChI=1S/C20H34O/c1-5-6-7-8-9-10-16-20(2,3)17-15-18-11-13-19(21-4)14-12-18/h11-14H,5-10,15-17H2,1-4H3. The SMILES string of the molecule is CCCCCCCCC(C)(C)CCc1ccc(OC)cc1. The molecule has 1 nitrogen and oxygen atoms in total. The van der Waals surface area contributed by atoms with Crippen LogP contribution in [0.5, 0.6) is 5.75 Å². The second kappa shape index (κ2) is 9.87. The van der Waals surface area contributed by atoms with Gasteiger partial charge in [0.25, 0.3) is 0 Å². The summed E-state index contributed by atoms with van der Waals surface area (Å²) in [6.45, 7) is 7.12. The van der Waals surface area contributed by atoms with Crippen LogP contribution >= 0.6 is 0 Å². The number of hydrogen-bond acceptors (Lipinski definition) is 1. The normalized spacial score (nSPS) is 11.6. The van der Waals surface area contributed by atoms with Crippen LogP contribution in [-0.2, 0) is 6.42 Å². The number of methoxy groups -OCH3 is 1. The Morgan fingerprint density at radius 1 is 0.857 bits per heavy atom. The third kappa shape index (κ3) is 8.14. The second-order valence-corrected chi connectivity index (χ2v) is 7.03. The first-order valence-electron chi connectivity index (χ1n) is 8.70. The minimum atomic E-state index is 0.463. The molecule has 0 N–H and O–H groups in total. The second-order valence-electron chi connectivity index (χ2n) is 7.03. The summed E-state index contributed by atoms with van der Waals surface area (Å²) in [5, 5.41) is 0. The smallest absolute Gasteiger partial charge is 0.118 e. The van der Waals surface area contributed by atoms with Gasteiger partial charge in [0, 0.05) is 0 Å². The summed E-state index contributed by atoms with van der Waals surface area (Å²) in [4.78, 5) is 0. The Bertz CT molecular complexity index is 364. The van der Waals surface area contributed by atoms with E-state index in [4.69, 9.17) is 4.74 Å². The summed E-state index contributed by atoms with van der Waals surface area (Å²) in [6.07, 6.45) is 12.2. The summed E-state index contributed by atoms with van der Waals surface area (Å²) >= 11 is 0. The molecule has 120 valence electrons. The highest BCUT2D eigenvalue weighted by Crippen LogP contribution is 2.30. The van der Waals surface area contributed by atoms with Crippen molar-refractivity contribution in [3.63, 3.8) is 0 Å². The molecular formula is C20H34O. The summed E-state index contributed by atoms with van der Waals surface area (Å²) in [5.41, 5.74) is 1.89. The van der Waals surface area contributed by atoms with Gasteiger partial charge < -0.3 is 4.74 Å². The van der Waals surface area contributed by atoms with Crippen molar-refractivity contribution in [2.24, 2.45) is 5.41 Å². The Kier molecular flexibility index (Phi) is 8.49. The molecule has 0 radical (unpaired) electrons.